The van der Waals surface area contributed by atoms with E-state index in [-0.39, 0.29) is 0 Å². The van der Waals surface area contributed by atoms with Crippen LogP contribution in [0.3, 0.4) is 0 Å². The maximum absolute atomic E-state index is 4.34. The Balaban J connectivity index is 1.99. The molecular formula is C14H17N3. The van der Waals surface area contributed by atoms with E-state index in [4.69, 9.17) is 0 Å². The summed E-state index contributed by atoms with van der Waals surface area (Å²) in [4.78, 5) is 0. The molecule has 0 amide bonds. The number of likely N-dealkylation sites (N-methyl/N-ethyl adjacent to an activating group) is 1. The van der Waals surface area contributed by atoms with E-state index in [2.05, 4.69) is 40.9 Å². The molecule has 0 bridgehead atoms. The fourth-order valence-electron chi connectivity index (χ4n) is 1.64. The van der Waals surface area contributed by atoms with Gasteiger partial charge in [-0.05, 0) is 12.6 Å². The third-order valence-corrected chi connectivity index (χ3v) is 2.47. The average Bonchev–Trinajstić information content (AvgIpc) is 2.79. The molecule has 0 aliphatic carbocycles. The van der Waals surface area contributed by atoms with Crippen LogP contribution in [0, 0.1) is 0 Å². The molecule has 0 aliphatic heterocycles. The lowest BCUT2D eigenvalue weighted by atomic mass is 10.2. The molecule has 3 heteroatoms. The highest BCUT2D eigenvalue weighted by molar-refractivity contribution is 5.46. The first-order chi connectivity index (χ1) is 8.38. The second-order valence-electron chi connectivity index (χ2n) is 3.92. The fraction of sp³-hybridized carbons (Fsp3) is 0.214. The van der Waals surface area contributed by atoms with Crippen LogP contribution in [0.25, 0.3) is 6.08 Å². The van der Waals surface area contributed by atoms with Gasteiger partial charge in [0.05, 0.1) is 12.7 Å². The van der Waals surface area contributed by atoms with Crippen molar-refractivity contribution in [3.63, 3.8) is 0 Å². The normalized spacial score (nSPS) is 11.1. The van der Waals surface area contributed by atoms with Gasteiger partial charge < -0.3 is 5.32 Å². The van der Waals surface area contributed by atoms with Crippen LogP contribution < -0.4 is 5.32 Å². The standard InChI is InChI=1S/C14H17N3/c1-15-9-5-8-14-10-16-17(12-14)11-13-6-3-2-4-7-13/h2-8,10,12,15H,9,11H2,1H3/b8-5+. The van der Waals surface area contributed by atoms with Gasteiger partial charge in [0.2, 0.25) is 0 Å². The first-order valence-electron chi connectivity index (χ1n) is 5.76. The van der Waals surface area contributed by atoms with E-state index in [0.717, 1.165) is 18.7 Å². The van der Waals surface area contributed by atoms with E-state index >= 15 is 0 Å². The third kappa shape index (κ3) is 3.57. The summed E-state index contributed by atoms with van der Waals surface area (Å²) in [5, 5.41) is 7.41. The molecule has 1 N–H and O–H groups in total. The summed E-state index contributed by atoms with van der Waals surface area (Å²) in [5.41, 5.74) is 2.40. The van der Waals surface area contributed by atoms with Crippen molar-refractivity contribution < 1.29 is 0 Å². The zero-order chi connectivity index (χ0) is 11.9. The Morgan fingerprint density at radius 1 is 1.29 bits per heavy atom. The molecule has 0 spiro atoms. The molecule has 1 heterocycles. The topological polar surface area (TPSA) is 29.9 Å². The lowest BCUT2D eigenvalue weighted by Gasteiger charge is -2.00. The molecule has 0 saturated carbocycles. The molecular weight excluding hydrogens is 210 g/mol. The van der Waals surface area contributed by atoms with Crippen LogP contribution in [0.15, 0.2) is 48.8 Å². The van der Waals surface area contributed by atoms with Gasteiger partial charge in [0, 0.05) is 18.3 Å². The van der Waals surface area contributed by atoms with Crippen LogP contribution in [-0.2, 0) is 6.54 Å². The van der Waals surface area contributed by atoms with Crippen LogP contribution in [-0.4, -0.2) is 23.4 Å². The Kier molecular flexibility index (Phi) is 4.11. The Bertz CT molecular complexity index is 471. The van der Waals surface area contributed by atoms with E-state index in [1.807, 2.05) is 36.1 Å². The molecule has 0 unspecified atom stereocenters. The average molecular weight is 227 g/mol. The van der Waals surface area contributed by atoms with Crippen molar-refractivity contribution in [2.75, 3.05) is 13.6 Å². The van der Waals surface area contributed by atoms with Crippen LogP contribution in [0.4, 0.5) is 0 Å². The molecule has 0 saturated heterocycles. The van der Waals surface area contributed by atoms with E-state index in [9.17, 15) is 0 Å². The van der Waals surface area contributed by atoms with E-state index in [1.54, 1.807) is 0 Å². The molecule has 3 nitrogen and oxygen atoms in total. The van der Waals surface area contributed by atoms with Gasteiger partial charge in [0.15, 0.2) is 0 Å². The van der Waals surface area contributed by atoms with Gasteiger partial charge >= 0.3 is 0 Å². The first-order valence-corrected chi connectivity index (χ1v) is 5.76. The number of hydrogen-bond donors (Lipinski definition) is 1. The van der Waals surface area contributed by atoms with E-state index in [0.29, 0.717) is 0 Å². The SMILES string of the molecule is CNC/C=C/c1cnn(Cc2ccccc2)c1. The predicted molar refractivity (Wildman–Crippen MR) is 70.7 cm³/mol. The summed E-state index contributed by atoms with van der Waals surface area (Å²) in [7, 11) is 1.93. The van der Waals surface area contributed by atoms with Gasteiger partial charge in [-0.15, -0.1) is 0 Å². The van der Waals surface area contributed by atoms with Crippen LogP contribution in [0.5, 0.6) is 0 Å². The molecule has 0 fully saturated rings. The maximum atomic E-state index is 4.34. The number of rotatable bonds is 5. The van der Waals surface area contributed by atoms with Gasteiger partial charge in [0.1, 0.15) is 0 Å². The zero-order valence-electron chi connectivity index (χ0n) is 10.0. The zero-order valence-corrected chi connectivity index (χ0v) is 10.0. The lowest BCUT2D eigenvalue weighted by molar-refractivity contribution is 0.687. The molecule has 2 rings (SSSR count). The van der Waals surface area contributed by atoms with Gasteiger partial charge in [0.25, 0.3) is 0 Å². The minimum absolute atomic E-state index is 0.820. The summed E-state index contributed by atoms with van der Waals surface area (Å²) in [6, 6.07) is 10.3. The molecule has 17 heavy (non-hydrogen) atoms. The number of nitrogens with one attached hydrogen (secondary N) is 1. The van der Waals surface area contributed by atoms with Crippen molar-refractivity contribution in [1.82, 2.24) is 15.1 Å². The molecule has 2 aromatic rings. The minimum atomic E-state index is 0.820. The smallest absolute Gasteiger partial charge is 0.0659 e. The highest BCUT2D eigenvalue weighted by Gasteiger charge is 1.96. The van der Waals surface area contributed by atoms with E-state index in [1.165, 1.54) is 5.56 Å². The summed E-state index contributed by atoms with van der Waals surface area (Å²) in [5.74, 6) is 0. The number of hydrogen-bond acceptors (Lipinski definition) is 2. The van der Waals surface area contributed by atoms with Crippen molar-refractivity contribution >= 4 is 6.08 Å². The van der Waals surface area contributed by atoms with E-state index < -0.39 is 0 Å². The number of benzene rings is 1. The number of nitrogens with zero attached hydrogens (tertiary/aromatic N) is 2. The minimum Gasteiger partial charge on any atom is -0.316 e. The van der Waals surface area contributed by atoms with Crippen molar-refractivity contribution in [1.29, 1.82) is 0 Å². The first kappa shape index (κ1) is 11.6. The Labute approximate surface area is 102 Å². The Morgan fingerprint density at radius 3 is 2.88 bits per heavy atom. The van der Waals surface area contributed by atoms with Crippen LogP contribution >= 0.6 is 0 Å². The highest BCUT2D eigenvalue weighted by Crippen LogP contribution is 2.05. The van der Waals surface area contributed by atoms with Crippen molar-refractivity contribution in [3.8, 4) is 0 Å². The fourth-order valence-corrected chi connectivity index (χ4v) is 1.64. The van der Waals surface area contributed by atoms with Gasteiger partial charge in [-0.2, -0.15) is 5.10 Å². The Hall–Kier alpha value is -1.87. The summed E-state index contributed by atoms with van der Waals surface area (Å²) >= 11 is 0. The molecule has 1 aromatic carbocycles. The number of aromatic nitrogens is 2. The quantitative estimate of drug-likeness (QED) is 0.848. The molecule has 0 atom stereocenters. The van der Waals surface area contributed by atoms with Gasteiger partial charge in [-0.3, -0.25) is 4.68 Å². The van der Waals surface area contributed by atoms with Gasteiger partial charge in [-0.1, -0.05) is 42.5 Å². The predicted octanol–water partition coefficient (Wildman–Crippen LogP) is 2.16. The monoisotopic (exact) mass is 227 g/mol. The molecule has 1 aromatic heterocycles. The van der Waals surface area contributed by atoms with Crippen molar-refractivity contribution in [2.24, 2.45) is 0 Å². The highest BCUT2D eigenvalue weighted by atomic mass is 15.3. The van der Waals surface area contributed by atoms with Crippen molar-refractivity contribution in [2.45, 2.75) is 6.54 Å². The largest absolute Gasteiger partial charge is 0.316 e. The van der Waals surface area contributed by atoms with Crippen LogP contribution in [0.2, 0.25) is 0 Å². The molecule has 0 aliphatic rings. The maximum Gasteiger partial charge on any atom is 0.0659 e. The Morgan fingerprint density at radius 2 is 2.12 bits per heavy atom. The molecule has 0 radical (unpaired) electrons. The van der Waals surface area contributed by atoms with Crippen LogP contribution in [0.1, 0.15) is 11.1 Å². The summed E-state index contributed by atoms with van der Waals surface area (Å²) in [6.45, 7) is 1.70. The second kappa shape index (κ2) is 6.01. The van der Waals surface area contributed by atoms with Crippen molar-refractivity contribution in [3.05, 3.63) is 59.9 Å². The summed E-state index contributed by atoms with van der Waals surface area (Å²) < 4.78 is 1.95. The molecule has 88 valence electrons. The second-order valence-corrected chi connectivity index (χ2v) is 3.92. The third-order valence-electron chi connectivity index (χ3n) is 2.47. The summed E-state index contributed by atoms with van der Waals surface area (Å²) in [6.07, 6.45) is 8.10. The lowest BCUT2D eigenvalue weighted by Crippen LogP contribution is -2.03. The van der Waals surface area contributed by atoms with Gasteiger partial charge in [-0.25, -0.2) is 0 Å².